The van der Waals surface area contributed by atoms with E-state index in [1.807, 2.05) is 48.7 Å². The molecule has 0 saturated heterocycles. The first kappa shape index (κ1) is 26.7. The molecule has 0 spiro atoms. The second-order valence-corrected chi connectivity index (χ2v) is 11.4. The Kier molecular flexibility index (Phi) is 8.16. The highest BCUT2D eigenvalue weighted by molar-refractivity contribution is 9.10. The smallest absolute Gasteiger partial charge is 0.264 e. The van der Waals surface area contributed by atoms with E-state index in [1.54, 1.807) is 42.5 Å². The van der Waals surface area contributed by atoms with E-state index in [9.17, 15) is 13.2 Å². The lowest BCUT2D eigenvalue weighted by Crippen LogP contribution is -2.39. The normalized spacial score (nSPS) is 11.6. The molecule has 0 aliphatic carbocycles. The van der Waals surface area contributed by atoms with Crippen LogP contribution in [0.3, 0.4) is 0 Å². The Morgan fingerprint density at radius 3 is 2.35 bits per heavy atom. The number of aryl methyl sites for hydroxylation is 1. The number of rotatable bonds is 8. The number of nitrogens with one attached hydrogen (secondary N) is 1. The van der Waals surface area contributed by atoms with Gasteiger partial charge in [-0.2, -0.15) is 5.10 Å². The third-order valence-electron chi connectivity index (χ3n) is 5.69. The minimum absolute atomic E-state index is 0.0845. The number of aromatic nitrogens is 1. The van der Waals surface area contributed by atoms with Crippen LogP contribution in [0.5, 0.6) is 0 Å². The molecule has 1 heterocycles. The maximum absolute atomic E-state index is 13.4. The lowest BCUT2D eigenvalue weighted by molar-refractivity contribution is -0.119. The Labute approximate surface area is 229 Å². The molecule has 0 radical (unpaired) electrons. The van der Waals surface area contributed by atoms with Crippen molar-refractivity contribution >= 4 is 55.4 Å². The molecule has 0 unspecified atom stereocenters. The molecule has 0 bridgehead atoms. The number of hydrogen-bond acceptors (Lipinski definition) is 4. The standard InChI is InChI=1S/C27H24BrClN4O3S/c1-19-16-21(20(2)33(19)26-11-7-6-10-25(26)29)17-30-31-27(34)18-32(23-14-12-22(28)13-15-23)37(35,36)24-8-4-3-5-9-24/h3-17H,18H2,1-2H3,(H,31,34)/b30-17+. The number of amides is 1. The second kappa shape index (κ2) is 11.3. The van der Waals surface area contributed by atoms with E-state index < -0.39 is 22.5 Å². The monoisotopic (exact) mass is 598 g/mol. The van der Waals surface area contributed by atoms with Crippen molar-refractivity contribution in [2.45, 2.75) is 18.7 Å². The van der Waals surface area contributed by atoms with Gasteiger partial charge in [0.25, 0.3) is 15.9 Å². The maximum Gasteiger partial charge on any atom is 0.264 e. The van der Waals surface area contributed by atoms with Gasteiger partial charge < -0.3 is 4.57 Å². The van der Waals surface area contributed by atoms with Gasteiger partial charge in [0, 0.05) is 21.4 Å². The summed E-state index contributed by atoms with van der Waals surface area (Å²) in [6, 6.07) is 24.1. The van der Waals surface area contributed by atoms with Gasteiger partial charge in [-0.3, -0.25) is 9.10 Å². The average Bonchev–Trinajstić information content (AvgIpc) is 3.16. The first-order valence-corrected chi connectivity index (χ1v) is 13.9. The molecule has 1 aromatic heterocycles. The molecule has 7 nitrogen and oxygen atoms in total. The molecule has 190 valence electrons. The lowest BCUT2D eigenvalue weighted by Gasteiger charge is -2.23. The van der Waals surface area contributed by atoms with E-state index in [1.165, 1.54) is 18.3 Å². The quantitative estimate of drug-likeness (QED) is 0.204. The minimum atomic E-state index is -3.99. The largest absolute Gasteiger partial charge is 0.316 e. The number of para-hydroxylation sites is 1. The molecular weight excluding hydrogens is 576 g/mol. The van der Waals surface area contributed by atoms with Crippen molar-refractivity contribution in [1.82, 2.24) is 9.99 Å². The van der Waals surface area contributed by atoms with Crippen molar-refractivity contribution in [3.8, 4) is 5.69 Å². The molecule has 4 aromatic rings. The number of sulfonamides is 1. The summed E-state index contributed by atoms with van der Waals surface area (Å²) in [6.07, 6.45) is 1.53. The van der Waals surface area contributed by atoms with E-state index in [-0.39, 0.29) is 4.90 Å². The van der Waals surface area contributed by atoms with Gasteiger partial charge in [-0.05, 0) is 68.4 Å². The van der Waals surface area contributed by atoms with E-state index in [0.29, 0.717) is 10.7 Å². The van der Waals surface area contributed by atoms with Gasteiger partial charge in [0.15, 0.2) is 0 Å². The van der Waals surface area contributed by atoms with Gasteiger partial charge >= 0.3 is 0 Å². The topological polar surface area (TPSA) is 83.8 Å². The molecule has 0 aliphatic rings. The minimum Gasteiger partial charge on any atom is -0.316 e. The molecule has 4 rings (SSSR count). The summed E-state index contributed by atoms with van der Waals surface area (Å²) in [5, 5.41) is 4.71. The van der Waals surface area contributed by atoms with Gasteiger partial charge in [0.05, 0.1) is 27.5 Å². The fraction of sp³-hybridized carbons (Fsp3) is 0.111. The van der Waals surface area contributed by atoms with Gasteiger partial charge in [-0.1, -0.05) is 57.9 Å². The van der Waals surface area contributed by atoms with Crippen LogP contribution in [0.4, 0.5) is 5.69 Å². The predicted octanol–water partition coefficient (Wildman–Crippen LogP) is 5.86. The number of nitrogens with zero attached hydrogens (tertiary/aromatic N) is 3. The van der Waals surface area contributed by atoms with Crippen LogP contribution in [0.2, 0.25) is 5.02 Å². The highest BCUT2D eigenvalue weighted by atomic mass is 79.9. The molecule has 0 atom stereocenters. The Morgan fingerprint density at radius 1 is 1.03 bits per heavy atom. The zero-order chi connectivity index (χ0) is 26.6. The van der Waals surface area contributed by atoms with E-state index in [2.05, 4.69) is 26.5 Å². The van der Waals surface area contributed by atoms with Crippen molar-refractivity contribution in [3.05, 3.63) is 111 Å². The third kappa shape index (κ3) is 5.95. The number of anilines is 1. The highest BCUT2D eigenvalue weighted by Gasteiger charge is 2.27. The summed E-state index contributed by atoms with van der Waals surface area (Å²) in [7, 11) is -3.99. The molecule has 37 heavy (non-hydrogen) atoms. The molecule has 10 heteroatoms. The Hall–Kier alpha value is -3.40. The van der Waals surface area contributed by atoms with Crippen molar-refractivity contribution < 1.29 is 13.2 Å². The number of hydrazone groups is 1. The fourth-order valence-electron chi connectivity index (χ4n) is 3.90. The van der Waals surface area contributed by atoms with Crippen molar-refractivity contribution in [2.24, 2.45) is 5.10 Å². The first-order chi connectivity index (χ1) is 17.7. The van der Waals surface area contributed by atoms with Gasteiger partial charge in [-0.15, -0.1) is 0 Å². The Bertz CT molecular complexity index is 1550. The third-order valence-corrected chi connectivity index (χ3v) is 8.33. The zero-order valence-electron chi connectivity index (χ0n) is 20.1. The Balaban J connectivity index is 1.55. The van der Waals surface area contributed by atoms with Crippen LogP contribution < -0.4 is 9.73 Å². The van der Waals surface area contributed by atoms with Crippen molar-refractivity contribution in [3.63, 3.8) is 0 Å². The summed E-state index contributed by atoms with van der Waals surface area (Å²) < 4.78 is 30.6. The van der Waals surface area contributed by atoms with Crippen LogP contribution in [0.15, 0.2) is 99.4 Å². The van der Waals surface area contributed by atoms with Crippen LogP contribution >= 0.6 is 27.5 Å². The summed E-state index contributed by atoms with van der Waals surface area (Å²) >= 11 is 9.73. The molecule has 1 N–H and O–H groups in total. The Morgan fingerprint density at radius 2 is 1.68 bits per heavy atom. The molecule has 0 fully saturated rings. The molecule has 0 saturated carbocycles. The van der Waals surface area contributed by atoms with Crippen molar-refractivity contribution in [1.29, 1.82) is 0 Å². The lowest BCUT2D eigenvalue weighted by atomic mass is 10.2. The summed E-state index contributed by atoms with van der Waals surface area (Å²) in [5.41, 5.74) is 6.29. The zero-order valence-corrected chi connectivity index (χ0v) is 23.3. The summed E-state index contributed by atoms with van der Waals surface area (Å²) in [6.45, 7) is 3.44. The van der Waals surface area contributed by atoms with E-state index >= 15 is 0 Å². The number of hydrogen-bond donors (Lipinski definition) is 1. The van der Waals surface area contributed by atoms with Crippen LogP contribution in [-0.2, 0) is 14.8 Å². The van der Waals surface area contributed by atoms with Crippen LogP contribution in [0, 0.1) is 13.8 Å². The second-order valence-electron chi connectivity index (χ2n) is 8.21. The van der Waals surface area contributed by atoms with Crippen LogP contribution in [0.1, 0.15) is 17.0 Å². The van der Waals surface area contributed by atoms with Gasteiger partial charge in [-0.25, -0.2) is 13.8 Å². The molecule has 0 aliphatic heterocycles. The number of benzene rings is 3. The highest BCUT2D eigenvalue weighted by Crippen LogP contribution is 2.26. The van der Waals surface area contributed by atoms with E-state index in [0.717, 1.165) is 31.4 Å². The first-order valence-electron chi connectivity index (χ1n) is 11.3. The van der Waals surface area contributed by atoms with Crippen LogP contribution in [0.25, 0.3) is 5.69 Å². The number of carbonyl (C=O) groups is 1. The molecular formula is C27H24BrClN4O3S. The maximum atomic E-state index is 13.4. The number of halogens is 2. The van der Waals surface area contributed by atoms with Gasteiger partial charge in [0.1, 0.15) is 6.54 Å². The predicted molar refractivity (Wildman–Crippen MR) is 151 cm³/mol. The SMILES string of the molecule is Cc1cc(/C=N/NC(=O)CN(c2ccc(Br)cc2)S(=O)(=O)c2ccccc2)c(C)n1-c1ccccc1Cl. The summed E-state index contributed by atoms with van der Waals surface area (Å²) in [5.74, 6) is -0.585. The van der Waals surface area contributed by atoms with Gasteiger partial charge in [0.2, 0.25) is 0 Å². The number of carbonyl (C=O) groups excluding carboxylic acids is 1. The van der Waals surface area contributed by atoms with Crippen molar-refractivity contribution in [2.75, 3.05) is 10.8 Å². The van der Waals surface area contributed by atoms with E-state index in [4.69, 9.17) is 11.6 Å². The fourth-order valence-corrected chi connectivity index (χ4v) is 5.83. The summed E-state index contributed by atoms with van der Waals surface area (Å²) in [4.78, 5) is 12.9. The molecule has 1 amide bonds. The van der Waals surface area contributed by atoms with Crippen LogP contribution in [-0.4, -0.2) is 31.7 Å². The average molecular weight is 600 g/mol. The molecule has 3 aromatic carbocycles.